The fourth-order valence-corrected chi connectivity index (χ4v) is 1.89. The van der Waals surface area contributed by atoms with Crippen molar-refractivity contribution in [3.8, 4) is 0 Å². The van der Waals surface area contributed by atoms with Crippen LogP contribution in [0.1, 0.15) is 11.1 Å². The van der Waals surface area contributed by atoms with Crippen molar-refractivity contribution in [3.05, 3.63) is 23.3 Å². The summed E-state index contributed by atoms with van der Waals surface area (Å²) in [6.45, 7) is 0. The average Bonchev–Trinajstić information content (AvgIpc) is 2.17. The number of benzene rings is 1. The highest BCUT2D eigenvalue weighted by Crippen LogP contribution is 2.25. The van der Waals surface area contributed by atoms with E-state index in [9.17, 15) is 0 Å². The normalized spacial score (nSPS) is 9.73. The van der Waals surface area contributed by atoms with Crippen LogP contribution in [-0.2, 0) is 12.8 Å². The third-order valence-electron chi connectivity index (χ3n) is 2.19. The maximum absolute atomic E-state index is 5.85. The molecule has 0 spiro atoms. The Morgan fingerprint density at radius 1 is 0.867 bits per heavy atom. The summed E-state index contributed by atoms with van der Waals surface area (Å²) in [5.74, 6) is 1.09. The van der Waals surface area contributed by atoms with Gasteiger partial charge in [-0.05, 0) is 36.1 Å². The van der Waals surface area contributed by atoms with Crippen LogP contribution in [0.4, 0.5) is 11.4 Å². The molecule has 0 saturated heterocycles. The number of hydrogen-bond donors (Lipinski definition) is 2. The largest absolute Gasteiger partial charge is 0.398 e. The molecule has 0 amide bonds. The molecule has 1 rings (SSSR count). The van der Waals surface area contributed by atoms with Crippen LogP contribution < -0.4 is 11.5 Å². The molecule has 2 nitrogen and oxygen atoms in total. The topological polar surface area (TPSA) is 52.0 Å². The zero-order valence-corrected chi connectivity index (χ0v) is 10.6. The molecule has 0 radical (unpaired) electrons. The second kappa shape index (κ2) is 7.04. The van der Waals surface area contributed by atoms with Crippen LogP contribution in [0.2, 0.25) is 0 Å². The highest BCUT2D eigenvalue weighted by atomic mass is 35.5. The van der Waals surface area contributed by atoms with Gasteiger partial charge in [0, 0.05) is 23.1 Å². The van der Waals surface area contributed by atoms with E-state index < -0.39 is 0 Å². The minimum Gasteiger partial charge on any atom is -0.398 e. The minimum atomic E-state index is 0. The first-order valence-corrected chi connectivity index (χ1v) is 5.55. The standard InChI is InChI=1S/C10H14Cl2N2.ClH/c11-5-3-7-8(4-6-12)10(14)2-1-9(7)13;/h1-2H,3-6,13-14H2;1H. The molecule has 0 heterocycles. The van der Waals surface area contributed by atoms with Gasteiger partial charge in [0.25, 0.3) is 0 Å². The highest BCUT2D eigenvalue weighted by Gasteiger charge is 2.08. The summed E-state index contributed by atoms with van der Waals surface area (Å²) in [5, 5.41) is 0. The minimum absolute atomic E-state index is 0. The molecule has 0 bridgehead atoms. The van der Waals surface area contributed by atoms with E-state index in [0.29, 0.717) is 11.8 Å². The van der Waals surface area contributed by atoms with E-state index in [0.717, 1.165) is 35.3 Å². The molecule has 0 aromatic heterocycles. The number of alkyl halides is 2. The van der Waals surface area contributed by atoms with Gasteiger partial charge in [0.2, 0.25) is 0 Å². The van der Waals surface area contributed by atoms with Gasteiger partial charge in [0.15, 0.2) is 0 Å². The first kappa shape index (κ1) is 14.7. The SMILES string of the molecule is Cl.Nc1ccc(N)c(CCCl)c1CCCl. The summed E-state index contributed by atoms with van der Waals surface area (Å²) in [6.07, 6.45) is 1.48. The van der Waals surface area contributed by atoms with Gasteiger partial charge in [-0.25, -0.2) is 0 Å². The molecule has 15 heavy (non-hydrogen) atoms. The van der Waals surface area contributed by atoms with Crippen LogP contribution in [0.5, 0.6) is 0 Å². The Balaban J connectivity index is 0.00000196. The lowest BCUT2D eigenvalue weighted by atomic mass is 9.99. The van der Waals surface area contributed by atoms with E-state index in [1.54, 1.807) is 0 Å². The van der Waals surface area contributed by atoms with Crippen molar-refractivity contribution in [2.24, 2.45) is 0 Å². The molecule has 1 aromatic carbocycles. The zero-order chi connectivity index (χ0) is 10.6. The van der Waals surface area contributed by atoms with Crippen molar-refractivity contribution < 1.29 is 0 Å². The molecule has 0 aliphatic rings. The van der Waals surface area contributed by atoms with Gasteiger partial charge in [0.05, 0.1) is 0 Å². The van der Waals surface area contributed by atoms with Gasteiger partial charge in [-0.1, -0.05) is 0 Å². The Labute approximate surface area is 106 Å². The van der Waals surface area contributed by atoms with Crippen LogP contribution in [0, 0.1) is 0 Å². The molecule has 0 fully saturated rings. The predicted octanol–water partition coefficient (Wildman–Crippen LogP) is 2.84. The molecular formula is C10H15Cl3N2. The predicted molar refractivity (Wildman–Crippen MR) is 71.4 cm³/mol. The number of halogens is 3. The number of anilines is 2. The van der Waals surface area contributed by atoms with E-state index in [1.807, 2.05) is 12.1 Å². The molecule has 86 valence electrons. The van der Waals surface area contributed by atoms with Crippen LogP contribution in [0.25, 0.3) is 0 Å². The van der Waals surface area contributed by atoms with Crippen molar-refractivity contribution >= 4 is 47.0 Å². The Bertz CT molecular complexity index is 285. The summed E-state index contributed by atoms with van der Waals surface area (Å²) in [6, 6.07) is 3.63. The summed E-state index contributed by atoms with van der Waals surface area (Å²) in [4.78, 5) is 0. The van der Waals surface area contributed by atoms with Crippen LogP contribution in [-0.4, -0.2) is 11.8 Å². The van der Waals surface area contributed by atoms with Gasteiger partial charge in [-0.2, -0.15) is 0 Å². The van der Waals surface area contributed by atoms with Crippen molar-refractivity contribution in [2.75, 3.05) is 23.2 Å². The molecule has 0 atom stereocenters. The monoisotopic (exact) mass is 268 g/mol. The highest BCUT2D eigenvalue weighted by molar-refractivity contribution is 6.18. The average molecular weight is 270 g/mol. The number of rotatable bonds is 4. The van der Waals surface area contributed by atoms with Gasteiger partial charge in [-0.3, -0.25) is 0 Å². The molecule has 1 aromatic rings. The summed E-state index contributed by atoms with van der Waals surface area (Å²) in [7, 11) is 0. The van der Waals surface area contributed by atoms with Crippen molar-refractivity contribution in [1.29, 1.82) is 0 Å². The van der Waals surface area contributed by atoms with E-state index in [1.165, 1.54) is 0 Å². The second-order valence-corrected chi connectivity index (χ2v) is 3.84. The first-order valence-electron chi connectivity index (χ1n) is 4.48. The molecule has 0 saturated carbocycles. The van der Waals surface area contributed by atoms with E-state index in [2.05, 4.69) is 0 Å². The van der Waals surface area contributed by atoms with Crippen molar-refractivity contribution in [3.63, 3.8) is 0 Å². The van der Waals surface area contributed by atoms with Gasteiger partial charge < -0.3 is 11.5 Å². The number of hydrogen-bond acceptors (Lipinski definition) is 2. The lowest BCUT2D eigenvalue weighted by molar-refractivity contribution is 1.05. The van der Waals surface area contributed by atoms with Crippen LogP contribution in [0.3, 0.4) is 0 Å². The van der Waals surface area contributed by atoms with Crippen LogP contribution >= 0.6 is 35.6 Å². The fraction of sp³-hybridized carbons (Fsp3) is 0.400. The Hall–Kier alpha value is -0.310. The third kappa shape index (κ3) is 3.63. The Morgan fingerprint density at radius 2 is 1.20 bits per heavy atom. The van der Waals surface area contributed by atoms with Crippen molar-refractivity contribution in [2.45, 2.75) is 12.8 Å². The molecule has 5 heteroatoms. The van der Waals surface area contributed by atoms with Crippen LogP contribution in [0.15, 0.2) is 12.1 Å². The van der Waals surface area contributed by atoms with Gasteiger partial charge in [-0.15, -0.1) is 35.6 Å². The maximum Gasteiger partial charge on any atom is 0.0351 e. The lowest BCUT2D eigenvalue weighted by Gasteiger charge is -2.13. The van der Waals surface area contributed by atoms with Gasteiger partial charge in [0.1, 0.15) is 0 Å². The molecule has 0 unspecified atom stereocenters. The molecule has 0 aliphatic heterocycles. The Morgan fingerprint density at radius 3 is 1.47 bits per heavy atom. The summed E-state index contributed by atoms with van der Waals surface area (Å²) in [5.41, 5.74) is 15.3. The Kier molecular flexibility index (Phi) is 6.90. The quantitative estimate of drug-likeness (QED) is 0.652. The maximum atomic E-state index is 5.85. The molecular weight excluding hydrogens is 254 g/mol. The van der Waals surface area contributed by atoms with E-state index in [4.69, 9.17) is 34.7 Å². The molecule has 0 aliphatic carbocycles. The smallest absolute Gasteiger partial charge is 0.0351 e. The van der Waals surface area contributed by atoms with Crippen molar-refractivity contribution in [1.82, 2.24) is 0 Å². The second-order valence-electron chi connectivity index (χ2n) is 3.08. The summed E-state index contributed by atoms with van der Waals surface area (Å²) < 4.78 is 0. The fourth-order valence-electron chi connectivity index (χ4n) is 1.51. The summed E-state index contributed by atoms with van der Waals surface area (Å²) >= 11 is 11.4. The zero-order valence-electron chi connectivity index (χ0n) is 8.30. The first-order chi connectivity index (χ1) is 6.70. The molecule has 4 N–H and O–H groups in total. The third-order valence-corrected chi connectivity index (χ3v) is 2.57. The van der Waals surface area contributed by atoms with E-state index >= 15 is 0 Å². The number of nitrogen functional groups attached to an aromatic ring is 2. The van der Waals surface area contributed by atoms with Gasteiger partial charge >= 0.3 is 0 Å². The lowest BCUT2D eigenvalue weighted by Crippen LogP contribution is -2.05. The number of nitrogens with two attached hydrogens (primary N) is 2. The van der Waals surface area contributed by atoms with E-state index in [-0.39, 0.29) is 12.4 Å².